The summed E-state index contributed by atoms with van der Waals surface area (Å²) in [7, 11) is 0. The van der Waals surface area contributed by atoms with Gasteiger partial charge in [-0.3, -0.25) is 0 Å². The van der Waals surface area contributed by atoms with Gasteiger partial charge in [0.15, 0.2) is 0 Å². The van der Waals surface area contributed by atoms with Crippen LogP contribution >= 0.6 is 0 Å². The Balaban J connectivity index is 2.97. The Bertz CT molecular complexity index is 313. The van der Waals surface area contributed by atoms with E-state index in [1.807, 2.05) is 0 Å². The Morgan fingerprint density at radius 3 is 1.68 bits per heavy atom. The topological polar surface area (TPSA) is 0 Å². The Hall–Kier alpha value is -0.260. The first-order valence-corrected chi connectivity index (χ1v) is 7.99. The van der Waals surface area contributed by atoms with Gasteiger partial charge in [0.2, 0.25) is 0 Å². The zero-order valence-electron chi connectivity index (χ0n) is 14.8. The van der Waals surface area contributed by atoms with Crippen LogP contribution in [0.15, 0.2) is 12.2 Å². The minimum absolute atomic E-state index is 0.396. The van der Waals surface area contributed by atoms with Crippen molar-refractivity contribution in [1.82, 2.24) is 0 Å². The van der Waals surface area contributed by atoms with Gasteiger partial charge in [-0.15, -0.1) is 0 Å². The van der Waals surface area contributed by atoms with Crippen LogP contribution in [0.2, 0.25) is 0 Å². The molecule has 0 unspecified atom stereocenters. The number of hydrogen-bond acceptors (Lipinski definition) is 0. The van der Waals surface area contributed by atoms with E-state index in [1.54, 1.807) is 0 Å². The molecule has 0 amide bonds. The second-order valence-electron chi connectivity index (χ2n) is 9.99. The summed E-state index contributed by atoms with van der Waals surface area (Å²) in [6.07, 6.45) is 7.71. The average molecular weight is 264 g/mol. The summed E-state index contributed by atoms with van der Waals surface area (Å²) in [5, 5.41) is 0. The summed E-state index contributed by atoms with van der Waals surface area (Å²) in [6, 6.07) is 0. The zero-order valence-corrected chi connectivity index (χ0v) is 14.8. The van der Waals surface area contributed by atoms with Gasteiger partial charge >= 0.3 is 0 Å². The molecule has 0 aromatic rings. The van der Waals surface area contributed by atoms with Crippen molar-refractivity contribution in [3.05, 3.63) is 12.2 Å². The first-order valence-electron chi connectivity index (χ1n) is 7.99. The van der Waals surface area contributed by atoms with E-state index in [0.717, 1.165) is 17.8 Å². The summed E-state index contributed by atoms with van der Waals surface area (Å²) in [5.74, 6) is 2.28. The first-order chi connectivity index (χ1) is 8.31. The van der Waals surface area contributed by atoms with Crippen LogP contribution in [0.4, 0.5) is 0 Å². The van der Waals surface area contributed by atoms with Crippen molar-refractivity contribution in [2.75, 3.05) is 0 Å². The lowest BCUT2D eigenvalue weighted by atomic mass is 9.60. The summed E-state index contributed by atoms with van der Waals surface area (Å²) >= 11 is 0. The molecule has 0 bridgehead atoms. The molecule has 1 aliphatic rings. The lowest BCUT2D eigenvalue weighted by Crippen LogP contribution is -2.36. The molecule has 0 nitrogen and oxygen atoms in total. The smallest absolute Gasteiger partial charge is 0.0182 e. The Labute approximate surface area is 122 Å². The summed E-state index contributed by atoms with van der Waals surface area (Å²) in [4.78, 5) is 0. The second kappa shape index (κ2) is 5.26. The molecule has 1 aliphatic carbocycles. The molecule has 0 radical (unpaired) electrons. The predicted molar refractivity (Wildman–Crippen MR) is 87.2 cm³/mol. The summed E-state index contributed by atoms with van der Waals surface area (Å²) in [5.41, 5.74) is 1.23. The van der Waals surface area contributed by atoms with E-state index in [-0.39, 0.29) is 0 Å². The van der Waals surface area contributed by atoms with Crippen LogP contribution in [-0.4, -0.2) is 0 Å². The van der Waals surface area contributed by atoms with Crippen LogP contribution < -0.4 is 0 Å². The number of rotatable bonds is 1. The molecule has 0 heterocycles. The van der Waals surface area contributed by atoms with Crippen LogP contribution in [0.25, 0.3) is 0 Å². The van der Waals surface area contributed by atoms with Gasteiger partial charge in [0.1, 0.15) is 0 Å². The van der Waals surface area contributed by atoms with Crippen molar-refractivity contribution >= 4 is 0 Å². The predicted octanol–water partition coefficient (Wildman–Crippen LogP) is 6.32. The average Bonchev–Trinajstić information content (AvgIpc) is 2.11. The molecule has 3 atom stereocenters. The molecular weight excluding hydrogens is 228 g/mol. The van der Waals surface area contributed by atoms with Crippen LogP contribution in [0.3, 0.4) is 0 Å². The van der Waals surface area contributed by atoms with Gasteiger partial charge in [-0.05, 0) is 46.8 Å². The molecule has 0 aromatic carbocycles. The van der Waals surface area contributed by atoms with Crippen molar-refractivity contribution in [2.45, 2.75) is 75.2 Å². The van der Waals surface area contributed by atoms with Gasteiger partial charge in [0.05, 0.1) is 0 Å². The molecule has 0 saturated heterocycles. The molecule has 19 heavy (non-hydrogen) atoms. The zero-order chi connectivity index (χ0) is 15.1. The molecule has 0 aromatic heterocycles. The van der Waals surface area contributed by atoms with Crippen molar-refractivity contribution in [3.8, 4) is 0 Å². The first kappa shape index (κ1) is 16.8. The van der Waals surface area contributed by atoms with Crippen LogP contribution in [0, 0.1) is 34.0 Å². The highest BCUT2D eigenvalue weighted by molar-refractivity contribution is 5.07. The van der Waals surface area contributed by atoms with E-state index in [0.29, 0.717) is 16.2 Å². The fourth-order valence-corrected chi connectivity index (χ4v) is 3.49. The highest BCUT2D eigenvalue weighted by atomic mass is 14.4. The normalized spacial score (nSPS) is 29.6. The van der Waals surface area contributed by atoms with Gasteiger partial charge in [0.25, 0.3) is 0 Å². The van der Waals surface area contributed by atoms with Gasteiger partial charge < -0.3 is 0 Å². The number of allylic oxidation sites excluding steroid dienone is 2. The van der Waals surface area contributed by atoms with Crippen LogP contribution in [0.5, 0.6) is 0 Å². The third-order valence-electron chi connectivity index (χ3n) is 4.69. The minimum atomic E-state index is 0.396. The van der Waals surface area contributed by atoms with E-state index in [9.17, 15) is 0 Å². The second-order valence-corrected chi connectivity index (χ2v) is 9.99. The molecule has 0 heteroatoms. The van der Waals surface area contributed by atoms with Gasteiger partial charge in [-0.2, -0.15) is 0 Å². The SMILES string of the molecule is CC(C)(C)C[C@H]1C=C[C@@H](C(C)(C)C)C[C@H]1C(C)(C)C. The molecular formula is C19H36. The highest BCUT2D eigenvalue weighted by Gasteiger charge is 2.39. The molecule has 0 aliphatic heterocycles. The molecule has 0 fully saturated rings. The Morgan fingerprint density at radius 2 is 1.32 bits per heavy atom. The highest BCUT2D eigenvalue weighted by Crippen LogP contribution is 2.48. The standard InChI is InChI=1S/C19H36/c1-17(2,3)13-14-10-11-15(18(4,5)6)12-16(14)19(7,8)9/h10-11,14-16H,12-13H2,1-9H3/t14-,15-,16-/m1/s1. The van der Waals surface area contributed by atoms with Crippen molar-refractivity contribution in [1.29, 1.82) is 0 Å². The molecule has 112 valence electrons. The maximum Gasteiger partial charge on any atom is -0.0182 e. The van der Waals surface area contributed by atoms with E-state index in [2.05, 4.69) is 74.5 Å². The lowest BCUT2D eigenvalue weighted by Gasteiger charge is -2.45. The number of hydrogen-bond donors (Lipinski definition) is 0. The molecule has 1 rings (SSSR count). The van der Waals surface area contributed by atoms with Gasteiger partial charge in [-0.25, -0.2) is 0 Å². The Kier molecular flexibility index (Phi) is 4.65. The maximum atomic E-state index is 2.54. The fourth-order valence-electron chi connectivity index (χ4n) is 3.49. The van der Waals surface area contributed by atoms with Crippen LogP contribution in [-0.2, 0) is 0 Å². The van der Waals surface area contributed by atoms with E-state index < -0.39 is 0 Å². The van der Waals surface area contributed by atoms with E-state index in [4.69, 9.17) is 0 Å². The summed E-state index contributed by atoms with van der Waals surface area (Å²) in [6.45, 7) is 21.5. The molecule has 0 saturated carbocycles. The fraction of sp³-hybridized carbons (Fsp3) is 0.895. The third kappa shape index (κ3) is 4.97. The summed E-state index contributed by atoms with van der Waals surface area (Å²) < 4.78 is 0. The molecule has 0 N–H and O–H groups in total. The van der Waals surface area contributed by atoms with Crippen molar-refractivity contribution in [2.24, 2.45) is 34.0 Å². The lowest BCUT2D eigenvalue weighted by molar-refractivity contribution is 0.0903. The van der Waals surface area contributed by atoms with Crippen molar-refractivity contribution in [3.63, 3.8) is 0 Å². The van der Waals surface area contributed by atoms with Crippen LogP contribution in [0.1, 0.15) is 75.2 Å². The van der Waals surface area contributed by atoms with Gasteiger partial charge in [-0.1, -0.05) is 74.5 Å². The maximum absolute atomic E-state index is 2.54. The van der Waals surface area contributed by atoms with E-state index >= 15 is 0 Å². The van der Waals surface area contributed by atoms with E-state index in [1.165, 1.54) is 12.8 Å². The minimum Gasteiger partial charge on any atom is -0.0848 e. The third-order valence-corrected chi connectivity index (χ3v) is 4.69. The largest absolute Gasteiger partial charge is 0.0848 e. The van der Waals surface area contributed by atoms with Crippen molar-refractivity contribution < 1.29 is 0 Å². The Morgan fingerprint density at radius 1 is 0.789 bits per heavy atom. The quantitative estimate of drug-likeness (QED) is 0.486. The monoisotopic (exact) mass is 264 g/mol. The molecule has 0 spiro atoms. The van der Waals surface area contributed by atoms with Gasteiger partial charge in [0, 0.05) is 0 Å².